The second-order valence-corrected chi connectivity index (χ2v) is 7.11. The summed E-state index contributed by atoms with van der Waals surface area (Å²) in [7, 11) is 0. The van der Waals surface area contributed by atoms with Gasteiger partial charge >= 0.3 is 0 Å². The third-order valence-corrected chi connectivity index (χ3v) is 4.95. The van der Waals surface area contributed by atoms with E-state index in [1.54, 1.807) is 6.26 Å². The highest BCUT2D eigenvalue weighted by atomic mass is 16.3. The Bertz CT molecular complexity index is 474. The molecule has 1 unspecified atom stereocenters. The van der Waals surface area contributed by atoms with E-state index in [0.29, 0.717) is 0 Å². The van der Waals surface area contributed by atoms with Crippen LogP contribution in [0.15, 0.2) is 40.0 Å². The van der Waals surface area contributed by atoms with Gasteiger partial charge in [0.2, 0.25) is 0 Å². The van der Waals surface area contributed by atoms with Gasteiger partial charge in [-0.2, -0.15) is 0 Å². The molecule has 140 valence electrons. The van der Waals surface area contributed by atoms with E-state index in [1.165, 1.54) is 63.6 Å². The molecule has 2 heterocycles. The Hall–Kier alpha value is -1.51. The summed E-state index contributed by atoms with van der Waals surface area (Å²) in [5.41, 5.74) is 0. The molecule has 1 N–H and O–H groups in total. The van der Waals surface area contributed by atoms with Crippen molar-refractivity contribution < 1.29 is 4.42 Å². The molecule has 25 heavy (non-hydrogen) atoms. The van der Waals surface area contributed by atoms with Crippen molar-refractivity contribution in [1.82, 2.24) is 5.32 Å². The van der Waals surface area contributed by atoms with E-state index in [1.807, 2.05) is 6.07 Å². The molecule has 1 atom stereocenters. The van der Waals surface area contributed by atoms with Crippen LogP contribution >= 0.6 is 0 Å². The number of rotatable bonds is 5. The van der Waals surface area contributed by atoms with Crippen LogP contribution in [0, 0.1) is 0 Å². The van der Waals surface area contributed by atoms with Gasteiger partial charge in [0, 0.05) is 13.0 Å². The first-order valence-electron chi connectivity index (χ1n) is 10.3. The normalized spacial score (nSPS) is 21.2. The summed E-state index contributed by atoms with van der Waals surface area (Å²) in [6.45, 7) is 3.13. The van der Waals surface area contributed by atoms with Gasteiger partial charge in [0.25, 0.3) is 0 Å². The lowest BCUT2D eigenvalue weighted by atomic mass is 10.1. The van der Waals surface area contributed by atoms with E-state index in [4.69, 9.17) is 9.41 Å². The standard InChI is InChI=1S/C22H36N2O/c1-2-3-11-15-20(21-16-14-19-25-21)24-22-17-12-9-7-5-4-6-8-10-13-18-23-22/h2-3,14,16,19-20H,4-13,15,17-18H2,1H3,(H,23,24)/b3-2+. The highest BCUT2D eigenvalue weighted by molar-refractivity contribution is 5.82. The van der Waals surface area contributed by atoms with Crippen LogP contribution in [0.3, 0.4) is 0 Å². The Morgan fingerprint density at radius 2 is 1.80 bits per heavy atom. The zero-order valence-electron chi connectivity index (χ0n) is 16.0. The quantitative estimate of drug-likeness (QED) is 0.613. The first-order valence-corrected chi connectivity index (χ1v) is 10.3. The van der Waals surface area contributed by atoms with E-state index in [-0.39, 0.29) is 6.04 Å². The van der Waals surface area contributed by atoms with Gasteiger partial charge in [0.05, 0.1) is 12.1 Å². The van der Waals surface area contributed by atoms with Crippen molar-refractivity contribution in [2.75, 3.05) is 6.54 Å². The van der Waals surface area contributed by atoms with E-state index in [9.17, 15) is 0 Å². The second kappa shape index (κ2) is 12.8. The number of nitrogens with one attached hydrogen (secondary N) is 1. The predicted molar refractivity (Wildman–Crippen MR) is 107 cm³/mol. The number of hydrogen-bond acceptors (Lipinski definition) is 2. The van der Waals surface area contributed by atoms with Crippen molar-refractivity contribution in [1.29, 1.82) is 0 Å². The molecule has 0 aliphatic carbocycles. The molecule has 3 heteroatoms. The minimum Gasteiger partial charge on any atom is -0.467 e. The molecule has 1 aromatic rings. The third-order valence-electron chi connectivity index (χ3n) is 4.95. The minimum atomic E-state index is 0.129. The van der Waals surface area contributed by atoms with Gasteiger partial charge < -0.3 is 9.73 Å². The summed E-state index contributed by atoms with van der Waals surface area (Å²) in [6, 6.07) is 4.16. The van der Waals surface area contributed by atoms with Crippen LogP contribution in [-0.4, -0.2) is 12.4 Å². The van der Waals surface area contributed by atoms with Crippen LogP contribution in [0.5, 0.6) is 0 Å². The van der Waals surface area contributed by atoms with Gasteiger partial charge in [-0.1, -0.05) is 57.1 Å². The maximum absolute atomic E-state index is 5.66. The monoisotopic (exact) mass is 344 g/mol. The molecule has 0 spiro atoms. The first kappa shape index (κ1) is 19.8. The van der Waals surface area contributed by atoms with Crippen molar-refractivity contribution in [3.8, 4) is 0 Å². The summed E-state index contributed by atoms with van der Waals surface area (Å²) in [5, 5.41) is 3.63. The maximum atomic E-state index is 5.66. The summed E-state index contributed by atoms with van der Waals surface area (Å²) in [5.74, 6) is 2.17. The van der Waals surface area contributed by atoms with E-state index in [2.05, 4.69) is 30.5 Å². The zero-order chi connectivity index (χ0) is 17.6. The number of nitrogens with zero attached hydrogens (tertiary/aromatic N) is 1. The lowest BCUT2D eigenvalue weighted by Gasteiger charge is -2.15. The topological polar surface area (TPSA) is 37.5 Å². The van der Waals surface area contributed by atoms with Crippen LogP contribution in [0.2, 0.25) is 0 Å². The van der Waals surface area contributed by atoms with Crippen molar-refractivity contribution in [2.24, 2.45) is 4.99 Å². The molecule has 3 nitrogen and oxygen atoms in total. The van der Waals surface area contributed by atoms with Crippen LogP contribution < -0.4 is 5.32 Å². The predicted octanol–water partition coefficient (Wildman–Crippen LogP) is 6.58. The first-order chi connectivity index (χ1) is 12.4. The molecule has 1 saturated heterocycles. The van der Waals surface area contributed by atoms with Crippen molar-refractivity contribution in [3.05, 3.63) is 36.3 Å². The minimum absolute atomic E-state index is 0.129. The molecule has 1 fully saturated rings. The molecule has 1 aliphatic rings. The van der Waals surface area contributed by atoms with E-state index < -0.39 is 0 Å². The molecule has 0 radical (unpaired) electrons. The Morgan fingerprint density at radius 3 is 2.48 bits per heavy atom. The van der Waals surface area contributed by atoms with E-state index in [0.717, 1.165) is 31.6 Å². The molecule has 2 rings (SSSR count). The van der Waals surface area contributed by atoms with Crippen LogP contribution in [0.4, 0.5) is 0 Å². The summed E-state index contributed by atoms with van der Waals surface area (Å²) in [4.78, 5) is 5.08. The third kappa shape index (κ3) is 8.42. The summed E-state index contributed by atoms with van der Waals surface area (Å²) in [6.07, 6.45) is 21.3. The average Bonchev–Trinajstić information content (AvgIpc) is 3.15. The summed E-state index contributed by atoms with van der Waals surface area (Å²) >= 11 is 0. The molecule has 0 aromatic carbocycles. The van der Waals surface area contributed by atoms with Gasteiger partial charge in [-0.05, 0) is 44.7 Å². The fraction of sp³-hybridized carbons (Fsp3) is 0.682. The molecular formula is C22H36N2O. The number of furan rings is 1. The van der Waals surface area contributed by atoms with Crippen LogP contribution in [0.1, 0.15) is 95.8 Å². The van der Waals surface area contributed by atoms with Crippen molar-refractivity contribution in [3.63, 3.8) is 0 Å². The molecule has 0 bridgehead atoms. The van der Waals surface area contributed by atoms with E-state index >= 15 is 0 Å². The molecular weight excluding hydrogens is 308 g/mol. The lowest BCUT2D eigenvalue weighted by molar-refractivity contribution is 0.453. The van der Waals surface area contributed by atoms with Crippen LogP contribution in [-0.2, 0) is 0 Å². The lowest BCUT2D eigenvalue weighted by Crippen LogP contribution is -2.25. The molecule has 1 aliphatic heterocycles. The number of amidine groups is 1. The highest BCUT2D eigenvalue weighted by Gasteiger charge is 2.14. The Morgan fingerprint density at radius 1 is 1.08 bits per heavy atom. The molecule has 0 amide bonds. The average molecular weight is 345 g/mol. The SMILES string of the molecule is C/C=C/CCC(/N=C1\CCCCCCCCCCCN1)c1ccco1. The smallest absolute Gasteiger partial charge is 0.128 e. The number of aliphatic imine (C=N–C) groups is 1. The van der Waals surface area contributed by atoms with Gasteiger partial charge in [0.15, 0.2) is 0 Å². The van der Waals surface area contributed by atoms with Crippen molar-refractivity contribution in [2.45, 2.75) is 90.0 Å². The van der Waals surface area contributed by atoms with Crippen LogP contribution in [0.25, 0.3) is 0 Å². The summed E-state index contributed by atoms with van der Waals surface area (Å²) < 4.78 is 5.66. The maximum Gasteiger partial charge on any atom is 0.128 e. The fourth-order valence-corrected chi connectivity index (χ4v) is 3.45. The van der Waals surface area contributed by atoms with Gasteiger partial charge in [0.1, 0.15) is 11.8 Å². The largest absolute Gasteiger partial charge is 0.467 e. The number of allylic oxidation sites excluding steroid dienone is 2. The molecule has 0 saturated carbocycles. The van der Waals surface area contributed by atoms with Gasteiger partial charge in [-0.25, -0.2) is 0 Å². The fourth-order valence-electron chi connectivity index (χ4n) is 3.45. The number of hydrogen-bond donors (Lipinski definition) is 1. The molecule has 1 aromatic heterocycles. The van der Waals surface area contributed by atoms with Crippen molar-refractivity contribution >= 4 is 5.84 Å². The van der Waals surface area contributed by atoms with Gasteiger partial charge in [-0.15, -0.1) is 0 Å². The second-order valence-electron chi connectivity index (χ2n) is 7.11. The Kier molecular flexibility index (Phi) is 10.1. The zero-order valence-corrected chi connectivity index (χ0v) is 16.0. The Balaban J connectivity index is 2.00. The van der Waals surface area contributed by atoms with Gasteiger partial charge in [-0.3, -0.25) is 4.99 Å². The Labute approximate surface area is 154 Å². The highest BCUT2D eigenvalue weighted by Crippen LogP contribution is 2.24.